The second-order valence-corrected chi connectivity index (χ2v) is 6.30. The van der Waals surface area contributed by atoms with E-state index in [1.54, 1.807) is 0 Å². The van der Waals surface area contributed by atoms with Crippen LogP contribution in [0, 0.1) is 5.92 Å². The summed E-state index contributed by atoms with van der Waals surface area (Å²) in [5.41, 5.74) is 2.14. The number of benzene rings is 1. The van der Waals surface area contributed by atoms with E-state index < -0.39 is 0 Å². The first-order valence-corrected chi connectivity index (χ1v) is 7.62. The smallest absolute Gasteiger partial charge is 0.234 e. The number of carbonyl (C=O) groups excluding carboxylic acids is 1. The van der Waals surface area contributed by atoms with Gasteiger partial charge in [-0.3, -0.25) is 4.79 Å². The molecule has 4 heteroatoms. The second-order valence-electron chi connectivity index (χ2n) is 6.30. The Balaban J connectivity index is 0.00000220. The number of carbonyl (C=O) groups is 1. The number of rotatable bonds is 7. The fraction of sp³-hybridized carbons (Fsp3) is 0.588. The van der Waals surface area contributed by atoms with Gasteiger partial charge in [0.15, 0.2) is 0 Å². The predicted octanol–water partition coefficient (Wildman–Crippen LogP) is 3.02. The molecular formula is C17H27ClN2O. The minimum absolute atomic E-state index is 0. The highest BCUT2D eigenvalue weighted by Gasteiger charge is 2.24. The molecule has 0 atom stereocenters. The van der Waals surface area contributed by atoms with E-state index in [4.69, 9.17) is 0 Å². The van der Waals surface area contributed by atoms with Crippen LogP contribution in [0.25, 0.3) is 0 Å². The van der Waals surface area contributed by atoms with E-state index in [0.29, 0.717) is 6.54 Å². The van der Waals surface area contributed by atoms with Gasteiger partial charge in [-0.15, -0.1) is 12.4 Å². The zero-order chi connectivity index (χ0) is 14.6. The van der Waals surface area contributed by atoms with Gasteiger partial charge in [-0.2, -0.15) is 0 Å². The average molecular weight is 311 g/mol. The van der Waals surface area contributed by atoms with Crippen molar-refractivity contribution in [3.05, 3.63) is 35.4 Å². The van der Waals surface area contributed by atoms with Crippen molar-refractivity contribution in [2.24, 2.45) is 5.92 Å². The van der Waals surface area contributed by atoms with E-state index in [0.717, 1.165) is 24.4 Å². The summed E-state index contributed by atoms with van der Waals surface area (Å²) >= 11 is 0. The Morgan fingerprint density at radius 3 is 2.38 bits per heavy atom. The lowest BCUT2D eigenvalue weighted by molar-refractivity contribution is -0.121. The topological polar surface area (TPSA) is 41.1 Å². The summed E-state index contributed by atoms with van der Waals surface area (Å²) in [5, 5.41) is 6.33. The van der Waals surface area contributed by atoms with Crippen molar-refractivity contribution in [3.8, 4) is 0 Å². The van der Waals surface area contributed by atoms with Crippen LogP contribution < -0.4 is 10.6 Å². The van der Waals surface area contributed by atoms with Gasteiger partial charge in [-0.05, 0) is 56.7 Å². The Morgan fingerprint density at radius 2 is 1.86 bits per heavy atom. The molecule has 1 aromatic carbocycles. The van der Waals surface area contributed by atoms with Crippen molar-refractivity contribution in [2.75, 3.05) is 13.1 Å². The van der Waals surface area contributed by atoms with Crippen LogP contribution in [0.2, 0.25) is 0 Å². The van der Waals surface area contributed by atoms with Gasteiger partial charge in [-0.1, -0.05) is 31.2 Å². The molecule has 2 rings (SSSR count). The van der Waals surface area contributed by atoms with Crippen molar-refractivity contribution in [1.82, 2.24) is 10.6 Å². The van der Waals surface area contributed by atoms with Crippen molar-refractivity contribution >= 4 is 18.3 Å². The minimum atomic E-state index is -0.329. The van der Waals surface area contributed by atoms with Crippen LogP contribution in [0.5, 0.6) is 0 Å². The average Bonchev–Trinajstić information content (AvgIpc) is 3.22. The van der Waals surface area contributed by atoms with Crippen molar-refractivity contribution < 1.29 is 4.79 Å². The quantitative estimate of drug-likeness (QED) is 0.813. The number of halogens is 1. The first-order chi connectivity index (χ1) is 9.51. The largest absolute Gasteiger partial charge is 0.346 e. The minimum Gasteiger partial charge on any atom is -0.346 e. The number of nitrogens with one attached hydrogen (secondary N) is 2. The van der Waals surface area contributed by atoms with Gasteiger partial charge in [-0.25, -0.2) is 0 Å². The molecule has 3 nitrogen and oxygen atoms in total. The van der Waals surface area contributed by atoms with Crippen LogP contribution in [0.3, 0.4) is 0 Å². The normalized spacial score (nSPS) is 14.4. The zero-order valence-electron chi connectivity index (χ0n) is 13.2. The molecule has 0 saturated heterocycles. The molecule has 118 valence electrons. The van der Waals surface area contributed by atoms with Crippen LogP contribution in [0.4, 0.5) is 0 Å². The Kier molecular flexibility index (Phi) is 6.69. The highest BCUT2D eigenvalue weighted by Crippen LogP contribution is 2.27. The molecule has 0 aromatic heterocycles. The zero-order valence-corrected chi connectivity index (χ0v) is 14.1. The maximum Gasteiger partial charge on any atom is 0.234 e. The molecular weight excluding hydrogens is 284 g/mol. The van der Waals surface area contributed by atoms with E-state index in [-0.39, 0.29) is 23.9 Å². The Bertz CT molecular complexity index is 452. The number of aryl methyl sites for hydroxylation is 1. The van der Waals surface area contributed by atoms with Gasteiger partial charge < -0.3 is 10.6 Å². The van der Waals surface area contributed by atoms with E-state index in [2.05, 4.69) is 41.8 Å². The standard InChI is InChI=1S/C17H26N2O.ClH/c1-4-13-7-9-15(10-8-13)17(2,3)19-16(20)12-18-11-14-5-6-14;/h7-10,14,18H,4-6,11-12H2,1-3H3,(H,19,20);1H. The maximum absolute atomic E-state index is 12.0. The van der Waals surface area contributed by atoms with Crippen molar-refractivity contribution in [1.29, 1.82) is 0 Å². The maximum atomic E-state index is 12.0. The Morgan fingerprint density at radius 1 is 1.24 bits per heavy atom. The van der Waals surface area contributed by atoms with Crippen molar-refractivity contribution in [3.63, 3.8) is 0 Å². The molecule has 0 bridgehead atoms. The third kappa shape index (κ3) is 5.68. The van der Waals surface area contributed by atoms with Gasteiger partial charge >= 0.3 is 0 Å². The lowest BCUT2D eigenvalue weighted by Gasteiger charge is -2.27. The van der Waals surface area contributed by atoms with Gasteiger partial charge in [0.25, 0.3) is 0 Å². The first-order valence-electron chi connectivity index (χ1n) is 7.62. The van der Waals surface area contributed by atoms with Crippen LogP contribution in [0.15, 0.2) is 24.3 Å². The number of hydrogen-bond donors (Lipinski definition) is 2. The van der Waals surface area contributed by atoms with E-state index in [9.17, 15) is 4.79 Å². The first kappa shape index (κ1) is 18.0. The molecule has 1 saturated carbocycles. The summed E-state index contributed by atoms with van der Waals surface area (Å²) in [7, 11) is 0. The molecule has 1 aliphatic carbocycles. The van der Waals surface area contributed by atoms with Crippen LogP contribution in [-0.4, -0.2) is 19.0 Å². The van der Waals surface area contributed by atoms with E-state index in [1.165, 1.54) is 18.4 Å². The monoisotopic (exact) mass is 310 g/mol. The van der Waals surface area contributed by atoms with Gasteiger partial charge in [0.2, 0.25) is 5.91 Å². The summed E-state index contributed by atoms with van der Waals surface area (Å²) in [6.45, 7) is 7.62. The highest BCUT2D eigenvalue weighted by atomic mass is 35.5. The number of hydrogen-bond acceptors (Lipinski definition) is 2. The summed E-state index contributed by atoms with van der Waals surface area (Å²) < 4.78 is 0. The van der Waals surface area contributed by atoms with Crippen LogP contribution in [0.1, 0.15) is 44.7 Å². The SMILES string of the molecule is CCc1ccc(C(C)(C)NC(=O)CNCC2CC2)cc1.Cl. The molecule has 1 aromatic rings. The molecule has 1 amide bonds. The number of amides is 1. The van der Waals surface area contributed by atoms with Crippen molar-refractivity contribution in [2.45, 2.75) is 45.6 Å². The summed E-state index contributed by atoms with van der Waals surface area (Å²) in [6, 6.07) is 8.48. The molecule has 0 aliphatic heterocycles. The third-order valence-corrected chi connectivity index (χ3v) is 3.95. The predicted molar refractivity (Wildman–Crippen MR) is 89.8 cm³/mol. The molecule has 0 heterocycles. The second kappa shape index (κ2) is 7.81. The van der Waals surface area contributed by atoms with E-state index in [1.807, 2.05) is 13.8 Å². The third-order valence-electron chi connectivity index (χ3n) is 3.95. The Labute approximate surface area is 134 Å². The molecule has 21 heavy (non-hydrogen) atoms. The summed E-state index contributed by atoms with van der Waals surface area (Å²) in [5.74, 6) is 0.868. The van der Waals surface area contributed by atoms with Gasteiger partial charge in [0.1, 0.15) is 0 Å². The summed E-state index contributed by atoms with van der Waals surface area (Å²) in [4.78, 5) is 12.0. The fourth-order valence-corrected chi connectivity index (χ4v) is 2.33. The molecule has 2 N–H and O–H groups in total. The van der Waals surface area contributed by atoms with Crippen LogP contribution >= 0.6 is 12.4 Å². The molecule has 1 aliphatic rings. The van der Waals surface area contributed by atoms with Gasteiger partial charge in [0, 0.05) is 0 Å². The molecule has 0 unspecified atom stereocenters. The van der Waals surface area contributed by atoms with E-state index >= 15 is 0 Å². The molecule has 0 spiro atoms. The van der Waals surface area contributed by atoms with Gasteiger partial charge in [0.05, 0.1) is 12.1 Å². The fourth-order valence-electron chi connectivity index (χ4n) is 2.33. The Hall–Kier alpha value is -1.06. The highest BCUT2D eigenvalue weighted by molar-refractivity contribution is 5.85. The molecule has 1 fully saturated rings. The summed E-state index contributed by atoms with van der Waals surface area (Å²) in [6.07, 6.45) is 3.66. The molecule has 0 radical (unpaired) electrons. The lowest BCUT2D eigenvalue weighted by atomic mass is 9.93. The lowest BCUT2D eigenvalue weighted by Crippen LogP contribution is -2.45. The van der Waals surface area contributed by atoms with Crippen LogP contribution in [-0.2, 0) is 16.8 Å².